The molecule has 1 aromatic rings. The van der Waals surface area contributed by atoms with Crippen LogP contribution in [0.25, 0.3) is 0 Å². The van der Waals surface area contributed by atoms with Crippen LogP contribution in [0.4, 0.5) is 5.82 Å². The number of pyridine rings is 1. The number of aliphatic hydroxyl groups excluding tert-OH is 1. The first-order valence-electron chi connectivity index (χ1n) is 6.99. The minimum atomic E-state index is -0.0919. The summed E-state index contributed by atoms with van der Waals surface area (Å²) in [6.45, 7) is 3.35. The van der Waals surface area contributed by atoms with Crippen molar-refractivity contribution in [3.8, 4) is 0 Å². The fraction of sp³-hybridized carbons (Fsp3) is 0.571. The monoisotopic (exact) mass is 297 g/mol. The maximum absolute atomic E-state index is 12.6. The van der Waals surface area contributed by atoms with Crippen molar-refractivity contribution in [1.82, 2.24) is 9.88 Å². The Hall–Kier alpha value is -1.33. The molecule has 5 nitrogen and oxygen atoms in total. The van der Waals surface area contributed by atoms with Crippen molar-refractivity contribution < 1.29 is 9.90 Å². The average molecular weight is 298 g/mol. The lowest BCUT2D eigenvalue weighted by atomic mass is 10.0. The van der Waals surface area contributed by atoms with Gasteiger partial charge in [-0.25, -0.2) is 4.98 Å². The van der Waals surface area contributed by atoms with Gasteiger partial charge in [-0.05, 0) is 38.3 Å². The fourth-order valence-electron chi connectivity index (χ4n) is 2.52. The molecule has 0 aromatic carbocycles. The summed E-state index contributed by atoms with van der Waals surface area (Å²) in [6, 6.07) is 3.19. The first-order chi connectivity index (χ1) is 9.65. The number of likely N-dealkylation sites (tertiary alicyclic amines) is 1. The van der Waals surface area contributed by atoms with Crippen molar-refractivity contribution in [2.75, 3.05) is 25.0 Å². The third-order valence-corrected chi connectivity index (χ3v) is 3.69. The smallest absolute Gasteiger partial charge is 0.254 e. The molecule has 0 radical (unpaired) electrons. The molecule has 1 saturated heterocycles. The molecule has 1 unspecified atom stereocenters. The highest BCUT2D eigenvalue weighted by Crippen LogP contribution is 2.22. The number of halogens is 1. The number of carbonyl (C=O) groups is 1. The lowest BCUT2D eigenvalue weighted by Crippen LogP contribution is -2.45. The highest BCUT2D eigenvalue weighted by atomic mass is 35.5. The molecule has 110 valence electrons. The number of amides is 1. The first kappa shape index (κ1) is 15.1. The average Bonchev–Trinajstić information content (AvgIpc) is 2.46. The zero-order valence-electron chi connectivity index (χ0n) is 11.6. The Labute approximate surface area is 123 Å². The number of nitrogens with zero attached hydrogens (tertiary/aromatic N) is 2. The SMILES string of the molecule is CCNc1cc(C(=O)N2CCCCC2CO)cc(Cl)n1. The predicted octanol–water partition coefficient (Wildman–Crippen LogP) is 2.15. The van der Waals surface area contributed by atoms with Gasteiger partial charge in [0.2, 0.25) is 0 Å². The Morgan fingerprint density at radius 1 is 1.55 bits per heavy atom. The second-order valence-electron chi connectivity index (χ2n) is 4.92. The Kier molecular flexibility index (Phi) is 5.20. The maximum Gasteiger partial charge on any atom is 0.254 e. The summed E-state index contributed by atoms with van der Waals surface area (Å²) in [5, 5.41) is 12.8. The zero-order valence-corrected chi connectivity index (χ0v) is 12.4. The molecule has 0 bridgehead atoms. The van der Waals surface area contributed by atoms with E-state index in [-0.39, 0.29) is 18.6 Å². The van der Waals surface area contributed by atoms with Gasteiger partial charge in [-0.15, -0.1) is 0 Å². The molecule has 1 fully saturated rings. The molecule has 6 heteroatoms. The van der Waals surface area contributed by atoms with Gasteiger partial charge in [0.25, 0.3) is 5.91 Å². The summed E-state index contributed by atoms with van der Waals surface area (Å²) in [5.74, 6) is 0.508. The minimum Gasteiger partial charge on any atom is -0.394 e. The molecular weight excluding hydrogens is 278 g/mol. The highest BCUT2D eigenvalue weighted by Gasteiger charge is 2.27. The van der Waals surface area contributed by atoms with E-state index < -0.39 is 0 Å². The molecule has 2 rings (SSSR count). The van der Waals surface area contributed by atoms with Crippen LogP contribution in [0.1, 0.15) is 36.5 Å². The summed E-state index contributed by atoms with van der Waals surface area (Å²) < 4.78 is 0. The summed E-state index contributed by atoms with van der Waals surface area (Å²) in [4.78, 5) is 18.4. The number of rotatable bonds is 4. The van der Waals surface area contributed by atoms with Crippen LogP contribution in [0.5, 0.6) is 0 Å². The Bertz CT molecular complexity index is 481. The lowest BCUT2D eigenvalue weighted by Gasteiger charge is -2.34. The molecule has 1 atom stereocenters. The first-order valence-corrected chi connectivity index (χ1v) is 7.36. The number of aromatic nitrogens is 1. The molecule has 0 aliphatic carbocycles. The van der Waals surface area contributed by atoms with Crippen LogP contribution in [0.3, 0.4) is 0 Å². The third kappa shape index (κ3) is 3.41. The number of hydrogen-bond donors (Lipinski definition) is 2. The quantitative estimate of drug-likeness (QED) is 0.836. The van der Waals surface area contributed by atoms with E-state index in [0.29, 0.717) is 29.6 Å². The predicted molar refractivity (Wildman–Crippen MR) is 79.2 cm³/mol. The van der Waals surface area contributed by atoms with Gasteiger partial charge in [0.1, 0.15) is 11.0 Å². The van der Waals surface area contributed by atoms with E-state index in [1.165, 1.54) is 0 Å². The molecule has 2 heterocycles. The van der Waals surface area contributed by atoms with Crippen molar-refractivity contribution in [1.29, 1.82) is 0 Å². The Balaban J connectivity index is 2.23. The molecule has 1 amide bonds. The molecule has 1 aliphatic heterocycles. The van der Waals surface area contributed by atoms with E-state index in [1.807, 2.05) is 6.92 Å². The van der Waals surface area contributed by atoms with Crippen LogP contribution < -0.4 is 5.32 Å². The van der Waals surface area contributed by atoms with Crippen LogP contribution in [0.15, 0.2) is 12.1 Å². The number of carbonyl (C=O) groups excluding carboxylic acids is 1. The number of anilines is 1. The molecule has 2 N–H and O–H groups in total. The molecule has 1 aliphatic rings. The van der Waals surface area contributed by atoms with Crippen LogP contribution >= 0.6 is 11.6 Å². The standard InChI is InChI=1S/C14H20ClN3O2/c1-2-16-13-8-10(7-12(15)17-13)14(20)18-6-4-3-5-11(18)9-19/h7-8,11,19H,2-6,9H2,1H3,(H,16,17). The van der Waals surface area contributed by atoms with Gasteiger partial charge in [-0.3, -0.25) is 4.79 Å². The minimum absolute atomic E-state index is 0.00459. The van der Waals surface area contributed by atoms with Gasteiger partial charge in [-0.2, -0.15) is 0 Å². The van der Waals surface area contributed by atoms with Gasteiger partial charge < -0.3 is 15.3 Å². The number of hydrogen-bond acceptors (Lipinski definition) is 4. The summed E-state index contributed by atoms with van der Waals surface area (Å²) >= 11 is 5.97. The molecule has 0 saturated carbocycles. The van der Waals surface area contributed by atoms with E-state index in [1.54, 1.807) is 17.0 Å². The molecule has 1 aromatic heterocycles. The second kappa shape index (κ2) is 6.90. The second-order valence-corrected chi connectivity index (χ2v) is 5.31. The van der Waals surface area contributed by atoms with E-state index in [4.69, 9.17) is 11.6 Å². The summed E-state index contributed by atoms with van der Waals surface area (Å²) in [6.07, 6.45) is 2.87. The van der Waals surface area contributed by atoms with E-state index in [0.717, 1.165) is 19.3 Å². The van der Waals surface area contributed by atoms with Crippen molar-refractivity contribution in [2.24, 2.45) is 0 Å². The number of nitrogens with one attached hydrogen (secondary N) is 1. The molecular formula is C14H20ClN3O2. The van der Waals surface area contributed by atoms with E-state index in [2.05, 4.69) is 10.3 Å². The van der Waals surface area contributed by atoms with Gasteiger partial charge >= 0.3 is 0 Å². The van der Waals surface area contributed by atoms with E-state index in [9.17, 15) is 9.90 Å². The largest absolute Gasteiger partial charge is 0.394 e. The maximum atomic E-state index is 12.6. The topological polar surface area (TPSA) is 65.5 Å². The van der Waals surface area contributed by atoms with Gasteiger partial charge in [0, 0.05) is 18.7 Å². The fourth-order valence-corrected chi connectivity index (χ4v) is 2.72. The Morgan fingerprint density at radius 3 is 3.05 bits per heavy atom. The third-order valence-electron chi connectivity index (χ3n) is 3.50. The van der Waals surface area contributed by atoms with Crippen molar-refractivity contribution in [3.05, 3.63) is 22.8 Å². The number of aliphatic hydroxyl groups is 1. The van der Waals surface area contributed by atoms with Crippen molar-refractivity contribution in [3.63, 3.8) is 0 Å². The van der Waals surface area contributed by atoms with Crippen molar-refractivity contribution >= 4 is 23.3 Å². The lowest BCUT2D eigenvalue weighted by molar-refractivity contribution is 0.0503. The van der Waals surface area contributed by atoms with Crippen LogP contribution in [0.2, 0.25) is 5.15 Å². The zero-order chi connectivity index (χ0) is 14.5. The van der Waals surface area contributed by atoms with Crippen LogP contribution in [-0.4, -0.2) is 46.6 Å². The highest BCUT2D eigenvalue weighted by molar-refractivity contribution is 6.29. The van der Waals surface area contributed by atoms with Crippen LogP contribution in [0, 0.1) is 0 Å². The summed E-state index contributed by atoms with van der Waals surface area (Å²) in [5.41, 5.74) is 0.515. The summed E-state index contributed by atoms with van der Waals surface area (Å²) in [7, 11) is 0. The molecule has 0 spiro atoms. The van der Waals surface area contributed by atoms with Gasteiger partial charge in [-0.1, -0.05) is 11.6 Å². The van der Waals surface area contributed by atoms with Gasteiger partial charge in [0.05, 0.1) is 12.6 Å². The van der Waals surface area contributed by atoms with Gasteiger partial charge in [0.15, 0.2) is 0 Å². The number of piperidine rings is 1. The molecule has 20 heavy (non-hydrogen) atoms. The van der Waals surface area contributed by atoms with Crippen molar-refractivity contribution in [2.45, 2.75) is 32.2 Å². The normalized spacial score (nSPS) is 18.9. The van der Waals surface area contributed by atoms with E-state index >= 15 is 0 Å². The Morgan fingerprint density at radius 2 is 2.35 bits per heavy atom. The van der Waals surface area contributed by atoms with Crippen LogP contribution in [-0.2, 0) is 0 Å².